The first-order valence-corrected chi connectivity index (χ1v) is 18.8. The third-order valence-corrected chi connectivity index (χ3v) is 12.1. The van der Waals surface area contributed by atoms with Crippen molar-refractivity contribution in [3.63, 3.8) is 0 Å². The molecule has 0 N–H and O–H groups in total. The summed E-state index contributed by atoms with van der Waals surface area (Å²) < 4.78 is 6.42. The average Bonchev–Trinajstić information content (AvgIpc) is 3.76. The molecule has 12 rings (SSSR count). The lowest BCUT2D eigenvalue weighted by atomic mass is 9.67. The van der Waals surface area contributed by atoms with Gasteiger partial charge in [0.2, 0.25) is 0 Å². The van der Waals surface area contributed by atoms with Crippen LogP contribution >= 0.6 is 0 Å². The summed E-state index contributed by atoms with van der Waals surface area (Å²) in [7, 11) is 0. The van der Waals surface area contributed by atoms with E-state index in [1.54, 1.807) is 0 Å². The van der Waals surface area contributed by atoms with Crippen LogP contribution in [0.25, 0.3) is 87.3 Å². The van der Waals surface area contributed by atoms with E-state index in [1.165, 1.54) is 82.0 Å². The molecule has 0 bridgehead atoms. The summed E-state index contributed by atoms with van der Waals surface area (Å²) in [6, 6.07) is 71.7. The maximum Gasteiger partial charge on any atom is 0.136 e. The third-order valence-electron chi connectivity index (χ3n) is 12.1. The van der Waals surface area contributed by atoms with Crippen LogP contribution in [0.15, 0.2) is 199 Å². The zero-order valence-corrected chi connectivity index (χ0v) is 29.4. The van der Waals surface area contributed by atoms with Gasteiger partial charge in [0, 0.05) is 10.8 Å². The second-order valence-electron chi connectivity index (χ2n) is 14.7. The van der Waals surface area contributed by atoms with Crippen LogP contribution in [0.2, 0.25) is 0 Å². The summed E-state index contributed by atoms with van der Waals surface area (Å²) in [5.74, 6) is 0. The van der Waals surface area contributed by atoms with Gasteiger partial charge in [-0.25, -0.2) is 0 Å². The van der Waals surface area contributed by atoms with Crippen molar-refractivity contribution in [3.8, 4) is 22.3 Å². The van der Waals surface area contributed by atoms with Crippen LogP contribution in [0.1, 0.15) is 22.3 Å². The van der Waals surface area contributed by atoms with Gasteiger partial charge < -0.3 is 4.42 Å². The van der Waals surface area contributed by atoms with Crippen LogP contribution in [0, 0.1) is 0 Å². The molecular weight excluding hydrogens is 653 g/mol. The number of hydrogen-bond acceptors (Lipinski definition) is 1. The van der Waals surface area contributed by atoms with E-state index in [4.69, 9.17) is 4.42 Å². The molecule has 0 amide bonds. The first-order chi connectivity index (χ1) is 26.8. The highest BCUT2D eigenvalue weighted by atomic mass is 16.3. The Bertz CT molecular complexity index is 3220. The van der Waals surface area contributed by atoms with Gasteiger partial charge in [0.25, 0.3) is 0 Å². The molecule has 250 valence electrons. The number of para-hydroxylation sites is 1. The topological polar surface area (TPSA) is 13.1 Å². The fraction of sp³-hybridized carbons (Fsp3) is 0.0189. The normalized spacial score (nSPS) is 13.3. The molecule has 11 aromatic rings. The van der Waals surface area contributed by atoms with Crippen LogP contribution in [0.5, 0.6) is 0 Å². The molecule has 0 fully saturated rings. The predicted octanol–water partition coefficient (Wildman–Crippen LogP) is 14.2. The Kier molecular flexibility index (Phi) is 6.04. The van der Waals surface area contributed by atoms with Crippen molar-refractivity contribution in [1.82, 2.24) is 0 Å². The minimum absolute atomic E-state index is 0.479. The lowest BCUT2D eigenvalue weighted by molar-refractivity contribution is 0.669. The van der Waals surface area contributed by atoms with Crippen molar-refractivity contribution < 1.29 is 4.42 Å². The van der Waals surface area contributed by atoms with Gasteiger partial charge in [-0.1, -0.05) is 164 Å². The van der Waals surface area contributed by atoms with Gasteiger partial charge in [0.15, 0.2) is 0 Å². The SMILES string of the molecule is c1ccc(C2(c3ccccc3)c3cccc4ccc5cc(-c6c7ccccc7c(-c7ccc8c(c7)oc7ccccc78)c7ccccc67)cc2c5c34)cc1. The first-order valence-electron chi connectivity index (χ1n) is 18.8. The maximum absolute atomic E-state index is 6.42. The van der Waals surface area contributed by atoms with Crippen LogP contribution in [0.3, 0.4) is 0 Å². The summed E-state index contributed by atoms with van der Waals surface area (Å²) in [5, 5.41) is 12.5. The van der Waals surface area contributed by atoms with Crippen LogP contribution in [0.4, 0.5) is 0 Å². The van der Waals surface area contributed by atoms with Crippen molar-refractivity contribution in [1.29, 1.82) is 0 Å². The Morgan fingerprint density at radius 3 is 1.52 bits per heavy atom. The highest BCUT2D eigenvalue weighted by Gasteiger charge is 2.45. The number of fused-ring (bicyclic) bond motifs is 5. The standard InChI is InChI=1S/C53H32O/c1-3-15-37(16-4-1)53(38-17-5-2-6-18-38)45-24-13-14-33-26-27-34-30-36(31-46(53)52(34)51(33)45)50-43-22-9-7-20-41(43)49(42-21-8-10-23-44(42)50)35-28-29-40-39-19-11-12-25-47(39)54-48(40)32-35/h1-32H. The summed E-state index contributed by atoms with van der Waals surface area (Å²) in [5.41, 5.74) is 11.5. The summed E-state index contributed by atoms with van der Waals surface area (Å²) in [6.07, 6.45) is 0. The molecule has 1 aliphatic carbocycles. The number of furan rings is 1. The van der Waals surface area contributed by atoms with E-state index in [9.17, 15) is 0 Å². The number of hydrogen-bond donors (Lipinski definition) is 0. The predicted molar refractivity (Wildman–Crippen MR) is 226 cm³/mol. The fourth-order valence-corrected chi connectivity index (χ4v) is 9.94. The van der Waals surface area contributed by atoms with Crippen LogP contribution < -0.4 is 0 Å². The molecule has 0 saturated heterocycles. The maximum atomic E-state index is 6.42. The zero-order chi connectivity index (χ0) is 35.4. The Balaban J connectivity index is 1.19. The Hall–Kier alpha value is -6.96. The Labute approximate surface area is 312 Å². The van der Waals surface area contributed by atoms with Gasteiger partial charge in [-0.15, -0.1) is 0 Å². The largest absolute Gasteiger partial charge is 0.456 e. The smallest absolute Gasteiger partial charge is 0.136 e. The van der Waals surface area contributed by atoms with E-state index in [0.29, 0.717) is 0 Å². The molecule has 0 aliphatic heterocycles. The minimum Gasteiger partial charge on any atom is -0.456 e. The van der Waals surface area contributed by atoms with Gasteiger partial charge >= 0.3 is 0 Å². The zero-order valence-electron chi connectivity index (χ0n) is 29.4. The van der Waals surface area contributed by atoms with Gasteiger partial charge in [-0.05, 0) is 118 Å². The molecule has 1 heteroatoms. The summed E-state index contributed by atoms with van der Waals surface area (Å²) >= 11 is 0. The van der Waals surface area contributed by atoms with E-state index >= 15 is 0 Å². The molecule has 1 aliphatic rings. The van der Waals surface area contributed by atoms with Gasteiger partial charge in [0.05, 0.1) is 5.41 Å². The van der Waals surface area contributed by atoms with E-state index in [2.05, 4.69) is 188 Å². The number of benzene rings is 10. The Morgan fingerprint density at radius 2 is 0.852 bits per heavy atom. The lowest BCUT2D eigenvalue weighted by Gasteiger charge is -2.34. The highest BCUT2D eigenvalue weighted by Crippen LogP contribution is 2.57. The quantitative estimate of drug-likeness (QED) is 0.133. The average molecular weight is 685 g/mol. The molecule has 0 radical (unpaired) electrons. The van der Waals surface area contributed by atoms with Crippen molar-refractivity contribution in [3.05, 3.63) is 216 Å². The monoisotopic (exact) mass is 684 g/mol. The van der Waals surface area contributed by atoms with E-state index < -0.39 is 5.41 Å². The molecule has 54 heavy (non-hydrogen) atoms. The van der Waals surface area contributed by atoms with Gasteiger partial charge in [0.1, 0.15) is 11.2 Å². The van der Waals surface area contributed by atoms with Gasteiger partial charge in [-0.2, -0.15) is 0 Å². The molecule has 1 aromatic heterocycles. The number of rotatable bonds is 4. The molecule has 0 atom stereocenters. The van der Waals surface area contributed by atoms with E-state index in [-0.39, 0.29) is 0 Å². The van der Waals surface area contributed by atoms with Crippen molar-refractivity contribution >= 4 is 65.0 Å². The molecular formula is C53H32O. The molecule has 1 heterocycles. The summed E-state index contributed by atoms with van der Waals surface area (Å²) in [6.45, 7) is 0. The fourth-order valence-electron chi connectivity index (χ4n) is 9.94. The van der Waals surface area contributed by atoms with Crippen molar-refractivity contribution in [2.24, 2.45) is 0 Å². The minimum atomic E-state index is -0.479. The molecule has 1 nitrogen and oxygen atoms in total. The first kappa shape index (κ1) is 29.6. The second kappa shape index (κ2) is 11.0. The lowest BCUT2D eigenvalue weighted by Crippen LogP contribution is -2.28. The molecule has 0 unspecified atom stereocenters. The van der Waals surface area contributed by atoms with Gasteiger partial charge in [-0.3, -0.25) is 0 Å². The van der Waals surface area contributed by atoms with E-state index in [1.807, 2.05) is 6.07 Å². The molecule has 0 spiro atoms. The second-order valence-corrected chi connectivity index (χ2v) is 14.7. The van der Waals surface area contributed by atoms with Crippen molar-refractivity contribution in [2.45, 2.75) is 5.41 Å². The third kappa shape index (κ3) is 3.88. The molecule has 0 saturated carbocycles. The summed E-state index contributed by atoms with van der Waals surface area (Å²) in [4.78, 5) is 0. The molecule has 10 aromatic carbocycles. The highest BCUT2D eigenvalue weighted by molar-refractivity contribution is 6.24. The van der Waals surface area contributed by atoms with Crippen LogP contribution in [-0.2, 0) is 5.41 Å². The Morgan fingerprint density at radius 1 is 0.315 bits per heavy atom. The van der Waals surface area contributed by atoms with E-state index in [0.717, 1.165) is 27.5 Å². The van der Waals surface area contributed by atoms with Crippen LogP contribution in [-0.4, -0.2) is 0 Å². The van der Waals surface area contributed by atoms with Crippen molar-refractivity contribution in [2.75, 3.05) is 0 Å².